The van der Waals surface area contributed by atoms with Crippen molar-refractivity contribution in [3.8, 4) is 11.1 Å². The van der Waals surface area contributed by atoms with Crippen LogP contribution in [0.4, 0.5) is 0 Å². The van der Waals surface area contributed by atoms with Crippen LogP contribution in [-0.4, -0.2) is 15.7 Å². The summed E-state index contributed by atoms with van der Waals surface area (Å²) in [5.74, 6) is 0. The number of rotatable bonds is 4. The van der Waals surface area contributed by atoms with Gasteiger partial charge in [0.2, 0.25) is 0 Å². The molecule has 2 aromatic rings. The van der Waals surface area contributed by atoms with Gasteiger partial charge in [0.05, 0.1) is 11.7 Å². The number of ether oxygens (including phenoxy) is 1. The smallest absolute Gasteiger partial charge is 0.330 e. The first kappa shape index (κ1) is 16.2. The Hall–Kier alpha value is -2.14. The van der Waals surface area contributed by atoms with Crippen molar-refractivity contribution in [3.63, 3.8) is 0 Å². The van der Waals surface area contributed by atoms with Crippen molar-refractivity contribution in [2.24, 2.45) is 14.1 Å². The predicted molar refractivity (Wildman–Crippen MR) is 87.1 cm³/mol. The van der Waals surface area contributed by atoms with E-state index in [0.717, 1.165) is 15.7 Å². The lowest BCUT2D eigenvalue weighted by atomic mass is 10.0. The van der Waals surface area contributed by atoms with Gasteiger partial charge in [-0.25, -0.2) is 4.79 Å². The van der Waals surface area contributed by atoms with Crippen molar-refractivity contribution < 1.29 is 4.74 Å². The maximum absolute atomic E-state index is 12.4. The van der Waals surface area contributed by atoms with Crippen LogP contribution < -0.4 is 11.2 Å². The molecule has 0 saturated heterocycles. The molecule has 22 heavy (non-hydrogen) atoms. The topological polar surface area (TPSA) is 53.2 Å². The van der Waals surface area contributed by atoms with Gasteiger partial charge in [-0.1, -0.05) is 24.3 Å². The zero-order valence-corrected chi connectivity index (χ0v) is 13.7. The SMILES string of the molecule is CCOC(C)c1ccc(-c2c(C)n(C)c(=O)n(C)c2=O)cc1. The number of nitrogens with zero attached hydrogens (tertiary/aromatic N) is 2. The molecule has 0 amide bonds. The van der Waals surface area contributed by atoms with Crippen LogP contribution in [-0.2, 0) is 18.8 Å². The Balaban J connectivity index is 2.54. The fourth-order valence-electron chi connectivity index (χ4n) is 2.54. The minimum Gasteiger partial charge on any atom is -0.374 e. The van der Waals surface area contributed by atoms with Gasteiger partial charge >= 0.3 is 5.69 Å². The fraction of sp³-hybridized carbons (Fsp3) is 0.412. The van der Waals surface area contributed by atoms with Crippen molar-refractivity contribution in [1.82, 2.24) is 9.13 Å². The van der Waals surface area contributed by atoms with E-state index in [1.165, 1.54) is 11.6 Å². The average molecular weight is 302 g/mol. The molecule has 1 aromatic carbocycles. The van der Waals surface area contributed by atoms with Gasteiger partial charge in [0.25, 0.3) is 5.56 Å². The number of benzene rings is 1. The highest BCUT2D eigenvalue weighted by molar-refractivity contribution is 5.65. The van der Waals surface area contributed by atoms with Gasteiger partial charge in [-0.05, 0) is 31.9 Å². The largest absolute Gasteiger partial charge is 0.374 e. The van der Waals surface area contributed by atoms with E-state index >= 15 is 0 Å². The summed E-state index contributed by atoms with van der Waals surface area (Å²) in [6, 6.07) is 7.72. The lowest BCUT2D eigenvalue weighted by Crippen LogP contribution is -2.39. The quantitative estimate of drug-likeness (QED) is 0.869. The number of hydrogen-bond acceptors (Lipinski definition) is 3. The molecule has 0 spiro atoms. The molecule has 0 fully saturated rings. The molecule has 1 aromatic heterocycles. The first-order chi connectivity index (χ1) is 10.4. The molecular weight excluding hydrogens is 280 g/mol. The number of aromatic nitrogens is 2. The Labute approximate surface area is 129 Å². The molecule has 0 aliphatic rings. The van der Waals surface area contributed by atoms with Crippen molar-refractivity contribution in [3.05, 3.63) is 56.4 Å². The summed E-state index contributed by atoms with van der Waals surface area (Å²) in [6.07, 6.45) is 0.0168. The molecule has 1 heterocycles. The summed E-state index contributed by atoms with van der Waals surface area (Å²) in [5.41, 5.74) is 2.50. The fourth-order valence-corrected chi connectivity index (χ4v) is 2.54. The van der Waals surface area contributed by atoms with E-state index in [0.29, 0.717) is 17.9 Å². The molecule has 118 valence electrons. The van der Waals surface area contributed by atoms with Gasteiger partial charge in [0.1, 0.15) is 0 Å². The number of hydrogen-bond donors (Lipinski definition) is 0. The second-order valence-corrected chi connectivity index (χ2v) is 5.39. The normalized spacial score (nSPS) is 12.4. The van der Waals surface area contributed by atoms with E-state index < -0.39 is 0 Å². The van der Waals surface area contributed by atoms with Gasteiger partial charge < -0.3 is 9.30 Å². The molecule has 0 aliphatic carbocycles. The molecule has 0 N–H and O–H groups in total. The van der Waals surface area contributed by atoms with Gasteiger partial charge in [-0.2, -0.15) is 0 Å². The van der Waals surface area contributed by atoms with Gasteiger partial charge in [0, 0.05) is 26.4 Å². The van der Waals surface area contributed by atoms with E-state index in [-0.39, 0.29) is 17.4 Å². The molecular formula is C17H22N2O3. The van der Waals surface area contributed by atoms with Crippen LogP contribution >= 0.6 is 0 Å². The van der Waals surface area contributed by atoms with Crippen LogP contribution in [0.25, 0.3) is 11.1 Å². The van der Waals surface area contributed by atoms with E-state index in [1.54, 1.807) is 14.0 Å². The lowest BCUT2D eigenvalue weighted by Gasteiger charge is -2.14. The second-order valence-electron chi connectivity index (χ2n) is 5.39. The summed E-state index contributed by atoms with van der Waals surface area (Å²) in [5, 5.41) is 0. The lowest BCUT2D eigenvalue weighted by molar-refractivity contribution is 0.0764. The molecule has 0 aliphatic heterocycles. The molecule has 0 bridgehead atoms. The molecule has 0 saturated carbocycles. The molecule has 1 atom stereocenters. The predicted octanol–water partition coefficient (Wildman–Crippen LogP) is 2.16. The average Bonchev–Trinajstić information content (AvgIpc) is 2.52. The summed E-state index contributed by atoms with van der Waals surface area (Å²) in [6.45, 7) is 6.40. The Morgan fingerprint density at radius 3 is 2.23 bits per heavy atom. The van der Waals surface area contributed by atoms with E-state index in [4.69, 9.17) is 4.74 Å². The zero-order valence-electron chi connectivity index (χ0n) is 13.7. The molecule has 1 unspecified atom stereocenters. The van der Waals surface area contributed by atoms with Crippen molar-refractivity contribution in [1.29, 1.82) is 0 Å². The second kappa shape index (κ2) is 6.32. The highest BCUT2D eigenvalue weighted by atomic mass is 16.5. The van der Waals surface area contributed by atoms with Crippen molar-refractivity contribution in [2.45, 2.75) is 26.9 Å². The van der Waals surface area contributed by atoms with Crippen LogP contribution in [0, 0.1) is 6.92 Å². The van der Waals surface area contributed by atoms with Crippen LogP contribution in [0.3, 0.4) is 0 Å². The summed E-state index contributed by atoms with van der Waals surface area (Å²) in [4.78, 5) is 24.3. The molecule has 5 heteroatoms. The Morgan fingerprint density at radius 1 is 1.09 bits per heavy atom. The maximum atomic E-state index is 12.4. The highest BCUT2D eigenvalue weighted by Gasteiger charge is 2.14. The Bertz CT molecular complexity index is 785. The van der Waals surface area contributed by atoms with Crippen LogP contribution in [0.2, 0.25) is 0 Å². The van der Waals surface area contributed by atoms with Crippen LogP contribution in [0.1, 0.15) is 31.2 Å². The summed E-state index contributed by atoms with van der Waals surface area (Å²) < 4.78 is 8.20. The highest BCUT2D eigenvalue weighted by Crippen LogP contribution is 2.22. The Kier molecular flexibility index (Phi) is 4.66. The third-order valence-electron chi connectivity index (χ3n) is 4.04. The van der Waals surface area contributed by atoms with E-state index in [1.807, 2.05) is 38.1 Å². The summed E-state index contributed by atoms with van der Waals surface area (Å²) in [7, 11) is 3.17. The van der Waals surface area contributed by atoms with Gasteiger partial charge in [0.15, 0.2) is 0 Å². The van der Waals surface area contributed by atoms with Crippen LogP contribution in [0.15, 0.2) is 33.9 Å². The molecule has 2 rings (SSSR count). The van der Waals surface area contributed by atoms with Crippen LogP contribution in [0.5, 0.6) is 0 Å². The summed E-state index contributed by atoms with van der Waals surface area (Å²) >= 11 is 0. The molecule has 0 radical (unpaired) electrons. The monoisotopic (exact) mass is 302 g/mol. The van der Waals surface area contributed by atoms with Crippen molar-refractivity contribution in [2.75, 3.05) is 6.61 Å². The third kappa shape index (κ3) is 2.76. The third-order valence-corrected chi connectivity index (χ3v) is 4.04. The van der Waals surface area contributed by atoms with Gasteiger partial charge in [-0.15, -0.1) is 0 Å². The standard InChI is InChI=1S/C17H22N2O3/c1-6-22-12(3)13-7-9-14(10-8-13)15-11(2)18(4)17(21)19(5)16(15)20/h7-10,12H,6H2,1-5H3. The molecule has 5 nitrogen and oxygen atoms in total. The Morgan fingerprint density at radius 2 is 1.68 bits per heavy atom. The maximum Gasteiger partial charge on any atom is 0.330 e. The van der Waals surface area contributed by atoms with E-state index in [2.05, 4.69) is 0 Å². The van der Waals surface area contributed by atoms with Crippen molar-refractivity contribution >= 4 is 0 Å². The van der Waals surface area contributed by atoms with E-state index in [9.17, 15) is 9.59 Å². The first-order valence-electron chi connectivity index (χ1n) is 7.37. The van der Waals surface area contributed by atoms with Gasteiger partial charge in [-0.3, -0.25) is 9.36 Å². The zero-order chi connectivity index (χ0) is 16.4. The minimum atomic E-state index is -0.312. The first-order valence-corrected chi connectivity index (χ1v) is 7.37. The minimum absolute atomic E-state index is 0.0168.